The summed E-state index contributed by atoms with van der Waals surface area (Å²) >= 11 is 8.08. The fraction of sp³-hybridized carbons (Fsp3) is 0.190. The molecule has 126 valence electrons. The second-order valence-electron chi connectivity index (χ2n) is 6.29. The van der Waals surface area contributed by atoms with Crippen molar-refractivity contribution >= 4 is 28.8 Å². The first kappa shape index (κ1) is 16.4. The molecule has 2 nitrogen and oxygen atoms in total. The molecule has 1 amide bonds. The summed E-state index contributed by atoms with van der Waals surface area (Å²) in [5.74, 6) is -0.00398. The molecular formula is C21H18ClNOS. The van der Waals surface area contributed by atoms with Gasteiger partial charge in [0, 0.05) is 11.4 Å². The number of hydrogen-bond donors (Lipinski definition) is 0. The molecule has 0 bridgehead atoms. The molecule has 1 atom stereocenters. The average Bonchev–Trinajstić information content (AvgIpc) is 3.10. The van der Waals surface area contributed by atoms with Crippen LogP contribution in [-0.2, 0) is 6.42 Å². The summed E-state index contributed by atoms with van der Waals surface area (Å²) < 4.78 is 0. The third-order valence-corrected chi connectivity index (χ3v) is 6.14. The van der Waals surface area contributed by atoms with Gasteiger partial charge in [-0.1, -0.05) is 48.0 Å². The molecule has 0 radical (unpaired) electrons. The first-order chi connectivity index (χ1) is 12.2. The van der Waals surface area contributed by atoms with Crippen LogP contribution in [0.25, 0.3) is 0 Å². The van der Waals surface area contributed by atoms with E-state index in [2.05, 4.69) is 30.5 Å². The Balaban J connectivity index is 1.83. The molecule has 25 heavy (non-hydrogen) atoms. The molecule has 1 aromatic heterocycles. The predicted molar refractivity (Wildman–Crippen MR) is 104 cm³/mol. The number of rotatable bonds is 2. The van der Waals surface area contributed by atoms with Gasteiger partial charge in [-0.05, 0) is 53.6 Å². The summed E-state index contributed by atoms with van der Waals surface area (Å²) in [6.07, 6.45) is 0.894. The van der Waals surface area contributed by atoms with E-state index in [-0.39, 0.29) is 11.9 Å². The number of nitrogens with zero attached hydrogens (tertiary/aromatic N) is 1. The molecule has 4 rings (SSSR count). The highest BCUT2D eigenvalue weighted by molar-refractivity contribution is 7.10. The Bertz CT molecular complexity index is 933. The van der Waals surface area contributed by atoms with Crippen LogP contribution in [0, 0.1) is 6.92 Å². The van der Waals surface area contributed by atoms with Crippen LogP contribution in [0.1, 0.15) is 38.0 Å². The van der Waals surface area contributed by atoms with E-state index in [1.54, 1.807) is 17.4 Å². The van der Waals surface area contributed by atoms with Crippen LogP contribution in [0.2, 0.25) is 5.02 Å². The minimum Gasteiger partial charge on any atom is -0.327 e. The second kappa shape index (κ2) is 6.66. The van der Waals surface area contributed by atoms with E-state index in [1.807, 2.05) is 35.2 Å². The van der Waals surface area contributed by atoms with Gasteiger partial charge in [0.15, 0.2) is 0 Å². The number of carbonyl (C=O) groups excluding carboxylic acids is 1. The lowest BCUT2D eigenvalue weighted by atomic mass is 9.90. The van der Waals surface area contributed by atoms with E-state index in [4.69, 9.17) is 11.6 Å². The maximum atomic E-state index is 13.3. The third-order valence-electron chi connectivity index (χ3n) is 4.81. The molecule has 0 saturated carbocycles. The topological polar surface area (TPSA) is 20.3 Å². The van der Waals surface area contributed by atoms with Crippen LogP contribution >= 0.6 is 22.9 Å². The van der Waals surface area contributed by atoms with Crippen molar-refractivity contribution in [3.8, 4) is 0 Å². The quantitative estimate of drug-likeness (QED) is 0.585. The number of aryl methyl sites for hydroxylation is 1. The van der Waals surface area contributed by atoms with Gasteiger partial charge in [-0.3, -0.25) is 4.79 Å². The molecule has 2 heterocycles. The Hall–Kier alpha value is -2.10. The van der Waals surface area contributed by atoms with Gasteiger partial charge in [0.05, 0.1) is 16.6 Å². The van der Waals surface area contributed by atoms with Crippen molar-refractivity contribution in [3.05, 3.63) is 92.1 Å². The average molecular weight is 368 g/mol. The summed E-state index contributed by atoms with van der Waals surface area (Å²) in [7, 11) is 0. The van der Waals surface area contributed by atoms with E-state index in [0.29, 0.717) is 17.1 Å². The van der Waals surface area contributed by atoms with Gasteiger partial charge in [0.1, 0.15) is 0 Å². The van der Waals surface area contributed by atoms with Crippen LogP contribution in [0.4, 0.5) is 0 Å². The monoisotopic (exact) mass is 367 g/mol. The SMILES string of the molecule is Cc1ccccc1[C@@H]1c2ccsc2CCN1C(=O)c1ccccc1Cl. The zero-order chi connectivity index (χ0) is 17.4. The Morgan fingerprint density at radius 3 is 2.64 bits per heavy atom. The minimum absolute atomic E-state index is 0.00398. The number of fused-ring (bicyclic) bond motifs is 1. The van der Waals surface area contributed by atoms with E-state index >= 15 is 0 Å². The highest BCUT2D eigenvalue weighted by Crippen LogP contribution is 2.40. The number of carbonyl (C=O) groups is 1. The molecule has 0 unspecified atom stereocenters. The zero-order valence-corrected chi connectivity index (χ0v) is 15.5. The summed E-state index contributed by atoms with van der Waals surface area (Å²) in [5, 5.41) is 2.63. The van der Waals surface area contributed by atoms with Gasteiger partial charge in [-0.25, -0.2) is 0 Å². The van der Waals surface area contributed by atoms with E-state index in [0.717, 1.165) is 6.42 Å². The molecule has 1 aliphatic heterocycles. The standard InChI is InChI=1S/C21H18ClNOS/c1-14-6-2-3-7-15(14)20-17-11-13-25-19(17)10-12-23(20)21(24)16-8-4-5-9-18(16)22/h2-9,11,13,20H,10,12H2,1H3/t20-/m1/s1. The lowest BCUT2D eigenvalue weighted by molar-refractivity contribution is 0.0696. The van der Waals surface area contributed by atoms with E-state index in [1.165, 1.54) is 21.6 Å². The summed E-state index contributed by atoms with van der Waals surface area (Å²) in [6, 6.07) is 17.7. The Labute approximate surface area is 156 Å². The first-order valence-electron chi connectivity index (χ1n) is 8.34. The number of amides is 1. The maximum Gasteiger partial charge on any atom is 0.256 e. The highest BCUT2D eigenvalue weighted by Gasteiger charge is 2.34. The van der Waals surface area contributed by atoms with Crippen molar-refractivity contribution in [2.45, 2.75) is 19.4 Å². The molecule has 0 saturated heterocycles. The molecule has 0 aliphatic carbocycles. The smallest absolute Gasteiger partial charge is 0.256 e. The van der Waals surface area contributed by atoms with Crippen LogP contribution in [-0.4, -0.2) is 17.4 Å². The van der Waals surface area contributed by atoms with Crippen molar-refractivity contribution in [2.75, 3.05) is 6.54 Å². The maximum absolute atomic E-state index is 13.3. The predicted octanol–water partition coefficient (Wildman–Crippen LogP) is 5.50. The minimum atomic E-state index is -0.0556. The van der Waals surface area contributed by atoms with Gasteiger partial charge in [-0.2, -0.15) is 0 Å². The first-order valence-corrected chi connectivity index (χ1v) is 9.60. The summed E-state index contributed by atoms with van der Waals surface area (Å²) in [6.45, 7) is 2.81. The Kier molecular flexibility index (Phi) is 4.36. The second-order valence-corrected chi connectivity index (χ2v) is 7.69. The normalized spacial score (nSPS) is 16.6. The van der Waals surface area contributed by atoms with Crippen molar-refractivity contribution < 1.29 is 4.79 Å². The summed E-state index contributed by atoms with van der Waals surface area (Å²) in [5.41, 5.74) is 4.19. The zero-order valence-electron chi connectivity index (χ0n) is 13.9. The van der Waals surface area contributed by atoms with Gasteiger partial charge >= 0.3 is 0 Å². The molecule has 1 aliphatic rings. The molecular weight excluding hydrogens is 350 g/mol. The fourth-order valence-electron chi connectivity index (χ4n) is 3.55. The van der Waals surface area contributed by atoms with Crippen LogP contribution in [0.5, 0.6) is 0 Å². The van der Waals surface area contributed by atoms with Gasteiger partial charge in [-0.15, -0.1) is 11.3 Å². The van der Waals surface area contributed by atoms with Gasteiger partial charge in [0.25, 0.3) is 5.91 Å². The van der Waals surface area contributed by atoms with Crippen LogP contribution in [0.3, 0.4) is 0 Å². The highest BCUT2D eigenvalue weighted by atomic mass is 35.5. The van der Waals surface area contributed by atoms with E-state index in [9.17, 15) is 4.79 Å². The number of hydrogen-bond acceptors (Lipinski definition) is 2. The largest absolute Gasteiger partial charge is 0.327 e. The third kappa shape index (κ3) is 2.88. The van der Waals surface area contributed by atoms with Crippen LogP contribution in [0.15, 0.2) is 60.0 Å². The van der Waals surface area contributed by atoms with Crippen molar-refractivity contribution in [3.63, 3.8) is 0 Å². The van der Waals surface area contributed by atoms with E-state index < -0.39 is 0 Å². The number of benzene rings is 2. The lowest BCUT2D eigenvalue weighted by Gasteiger charge is -2.37. The summed E-state index contributed by atoms with van der Waals surface area (Å²) in [4.78, 5) is 16.6. The molecule has 0 fully saturated rings. The lowest BCUT2D eigenvalue weighted by Crippen LogP contribution is -2.40. The molecule has 3 aromatic rings. The van der Waals surface area contributed by atoms with Gasteiger partial charge in [0.2, 0.25) is 0 Å². The Morgan fingerprint density at radius 2 is 1.84 bits per heavy atom. The van der Waals surface area contributed by atoms with Crippen LogP contribution < -0.4 is 0 Å². The van der Waals surface area contributed by atoms with Crippen molar-refractivity contribution in [1.29, 1.82) is 0 Å². The number of halogens is 1. The van der Waals surface area contributed by atoms with Gasteiger partial charge < -0.3 is 4.90 Å². The fourth-order valence-corrected chi connectivity index (χ4v) is 4.67. The van der Waals surface area contributed by atoms with Crippen molar-refractivity contribution in [1.82, 2.24) is 4.90 Å². The molecule has 0 spiro atoms. The molecule has 4 heteroatoms. The number of thiophene rings is 1. The molecule has 2 aromatic carbocycles. The Morgan fingerprint density at radius 1 is 1.08 bits per heavy atom. The van der Waals surface area contributed by atoms with Crippen molar-refractivity contribution in [2.24, 2.45) is 0 Å². The molecule has 0 N–H and O–H groups in total.